The lowest BCUT2D eigenvalue weighted by Gasteiger charge is -2.14. The molecule has 164 valence electrons. The van der Waals surface area contributed by atoms with Crippen LogP contribution in [0.2, 0.25) is 0 Å². The van der Waals surface area contributed by atoms with Gasteiger partial charge in [0, 0.05) is 5.56 Å². The number of ether oxygens (including phenoxy) is 3. The predicted molar refractivity (Wildman–Crippen MR) is 109 cm³/mol. The van der Waals surface area contributed by atoms with Gasteiger partial charge in [-0.05, 0) is 43.3 Å². The van der Waals surface area contributed by atoms with Gasteiger partial charge in [0.05, 0.1) is 25.2 Å². The zero-order valence-electron chi connectivity index (χ0n) is 17.0. The van der Waals surface area contributed by atoms with Gasteiger partial charge in [0.15, 0.2) is 6.10 Å². The maximum Gasteiger partial charge on any atom is 0.326 e. The Morgan fingerprint density at radius 2 is 1.65 bits per heavy atom. The van der Waals surface area contributed by atoms with E-state index in [1.165, 1.54) is 45.4 Å². The second-order valence-corrected chi connectivity index (χ2v) is 6.17. The van der Waals surface area contributed by atoms with Crippen molar-refractivity contribution in [3.05, 3.63) is 58.1 Å². The van der Waals surface area contributed by atoms with Gasteiger partial charge in [0.2, 0.25) is 0 Å². The Morgan fingerprint density at radius 1 is 1.03 bits per heavy atom. The molecule has 0 fully saturated rings. The molecule has 0 aliphatic heterocycles. The molecule has 1 atom stereocenters. The number of hydrogen-bond donors (Lipinski definition) is 2. The number of anilines is 1. The summed E-state index contributed by atoms with van der Waals surface area (Å²) in [6.45, 7) is 0.832. The average Bonchev–Trinajstić information content (AvgIpc) is 2.77. The van der Waals surface area contributed by atoms with E-state index in [2.05, 4.69) is 10.6 Å². The molecular formula is C20H21N3O8. The van der Waals surface area contributed by atoms with E-state index in [1.807, 2.05) is 0 Å². The van der Waals surface area contributed by atoms with E-state index in [-0.39, 0.29) is 17.1 Å². The summed E-state index contributed by atoms with van der Waals surface area (Å²) >= 11 is 0. The highest BCUT2D eigenvalue weighted by Crippen LogP contribution is 2.29. The topological polar surface area (TPSA) is 146 Å². The molecule has 0 aliphatic carbocycles. The number of carbonyl (C=O) groups excluding carboxylic acids is 3. The van der Waals surface area contributed by atoms with Crippen LogP contribution in [-0.2, 0) is 14.3 Å². The van der Waals surface area contributed by atoms with E-state index in [4.69, 9.17) is 14.2 Å². The number of nitro benzene ring substituents is 1. The van der Waals surface area contributed by atoms with Crippen molar-refractivity contribution >= 4 is 29.2 Å². The molecule has 0 radical (unpaired) electrons. The SMILES string of the molecule is COc1ccc(C(=O)NCC(=O)OC(C)C(=O)Nc2ccc(OC)cc2[N+](=O)[O-])cc1. The molecule has 0 spiro atoms. The van der Waals surface area contributed by atoms with Gasteiger partial charge in [-0.15, -0.1) is 0 Å². The van der Waals surface area contributed by atoms with Gasteiger partial charge in [-0.2, -0.15) is 0 Å². The lowest BCUT2D eigenvalue weighted by atomic mass is 10.2. The van der Waals surface area contributed by atoms with E-state index in [9.17, 15) is 24.5 Å². The summed E-state index contributed by atoms with van der Waals surface area (Å²) in [6.07, 6.45) is -1.26. The standard InChI is InChI=1S/C20H21N3O8/c1-12(19(25)22-16-9-8-15(30-3)10-17(16)23(27)28)31-18(24)11-21-20(26)13-4-6-14(29-2)7-5-13/h4-10,12H,11H2,1-3H3,(H,21,26)(H,22,25). The number of hydrogen-bond acceptors (Lipinski definition) is 8. The molecule has 2 rings (SSSR count). The van der Waals surface area contributed by atoms with Crippen molar-refractivity contribution in [3.8, 4) is 11.5 Å². The monoisotopic (exact) mass is 431 g/mol. The molecule has 0 saturated carbocycles. The first-order valence-corrected chi connectivity index (χ1v) is 9.00. The Labute approximate surface area is 177 Å². The second-order valence-electron chi connectivity index (χ2n) is 6.17. The Balaban J connectivity index is 1.90. The zero-order chi connectivity index (χ0) is 23.0. The molecule has 31 heavy (non-hydrogen) atoms. The van der Waals surface area contributed by atoms with E-state index < -0.39 is 35.4 Å². The Bertz CT molecular complexity index is 975. The van der Waals surface area contributed by atoms with Crippen LogP contribution < -0.4 is 20.1 Å². The number of nitrogens with one attached hydrogen (secondary N) is 2. The molecule has 2 aromatic rings. The molecule has 2 aromatic carbocycles. The quantitative estimate of drug-likeness (QED) is 0.348. The number of amides is 2. The maximum absolute atomic E-state index is 12.3. The molecule has 0 aromatic heterocycles. The normalized spacial score (nSPS) is 11.1. The zero-order valence-corrected chi connectivity index (χ0v) is 17.0. The minimum atomic E-state index is -1.26. The lowest BCUT2D eigenvalue weighted by molar-refractivity contribution is -0.384. The van der Waals surface area contributed by atoms with Gasteiger partial charge in [-0.25, -0.2) is 0 Å². The van der Waals surface area contributed by atoms with Crippen molar-refractivity contribution in [1.29, 1.82) is 0 Å². The lowest BCUT2D eigenvalue weighted by Crippen LogP contribution is -2.35. The van der Waals surface area contributed by atoms with Crippen LogP contribution in [0.15, 0.2) is 42.5 Å². The fraction of sp³-hybridized carbons (Fsp3) is 0.250. The summed E-state index contributed by atoms with van der Waals surface area (Å²) in [6, 6.07) is 10.1. The Morgan fingerprint density at radius 3 is 2.23 bits per heavy atom. The van der Waals surface area contributed by atoms with Gasteiger partial charge in [0.1, 0.15) is 23.7 Å². The number of esters is 1. The molecule has 0 heterocycles. The number of benzene rings is 2. The van der Waals surface area contributed by atoms with Crippen LogP contribution in [0.5, 0.6) is 11.5 Å². The van der Waals surface area contributed by atoms with Crippen molar-refractivity contribution < 1.29 is 33.5 Å². The first-order valence-electron chi connectivity index (χ1n) is 9.00. The van der Waals surface area contributed by atoms with Crippen molar-refractivity contribution in [2.45, 2.75) is 13.0 Å². The minimum Gasteiger partial charge on any atom is -0.497 e. The summed E-state index contributed by atoms with van der Waals surface area (Å²) in [7, 11) is 2.85. The molecule has 0 bridgehead atoms. The third-order valence-electron chi connectivity index (χ3n) is 4.08. The molecule has 11 nitrogen and oxygen atoms in total. The summed E-state index contributed by atoms with van der Waals surface area (Å²) in [4.78, 5) is 46.8. The molecule has 2 N–H and O–H groups in total. The summed E-state index contributed by atoms with van der Waals surface area (Å²) in [5.41, 5.74) is -0.143. The van der Waals surface area contributed by atoms with Crippen molar-refractivity contribution in [1.82, 2.24) is 5.32 Å². The first kappa shape index (κ1) is 23.1. The number of nitrogens with zero attached hydrogens (tertiary/aromatic N) is 1. The smallest absolute Gasteiger partial charge is 0.326 e. The fourth-order valence-corrected chi connectivity index (χ4v) is 2.42. The molecule has 2 amide bonds. The van der Waals surface area contributed by atoms with Crippen molar-refractivity contribution in [2.75, 3.05) is 26.1 Å². The summed E-state index contributed by atoms with van der Waals surface area (Å²) in [5, 5.41) is 15.9. The highest BCUT2D eigenvalue weighted by Gasteiger charge is 2.23. The van der Waals surface area contributed by atoms with Gasteiger partial charge < -0.3 is 24.8 Å². The fourth-order valence-electron chi connectivity index (χ4n) is 2.42. The largest absolute Gasteiger partial charge is 0.497 e. The minimum absolute atomic E-state index is 0.0773. The third-order valence-corrected chi connectivity index (χ3v) is 4.08. The Kier molecular flexibility index (Phi) is 7.89. The average molecular weight is 431 g/mol. The number of carbonyl (C=O) groups is 3. The second kappa shape index (κ2) is 10.6. The van der Waals surface area contributed by atoms with Gasteiger partial charge in [0.25, 0.3) is 17.5 Å². The van der Waals surface area contributed by atoms with Crippen LogP contribution in [0, 0.1) is 10.1 Å². The van der Waals surface area contributed by atoms with E-state index >= 15 is 0 Å². The van der Waals surface area contributed by atoms with Crippen LogP contribution in [-0.4, -0.2) is 49.6 Å². The van der Waals surface area contributed by atoms with E-state index in [0.717, 1.165) is 6.07 Å². The van der Waals surface area contributed by atoms with Crippen molar-refractivity contribution in [2.24, 2.45) is 0 Å². The van der Waals surface area contributed by atoms with Crippen LogP contribution in [0.1, 0.15) is 17.3 Å². The van der Waals surface area contributed by atoms with Crippen LogP contribution >= 0.6 is 0 Å². The molecule has 1 unspecified atom stereocenters. The Hall–Kier alpha value is -4.15. The van der Waals surface area contributed by atoms with Crippen LogP contribution in [0.25, 0.3) is 0 Å². The molecule has 0 aliphatic rings. The molecular weight excluding hydrogens is 410 g/mol. The summed E-state index contributed by atoms with van der Waals surface area (Å²) < 4.78 is 14.9. The van der Waals surface area contributed by atoms with Crippen LogP contribution in [0.3, 0.4) is 0 Å². The molecule has 11 heteroatoms. The number of methoxy groups -OCH3 is 2. The highest BCUT2D eigenvalue weighted by atomic mass is 16.6. The third kappa shape index (κ3) is 6.42. The van der Waals surface area contributed by atoms with Gasteiger partial charge in [-0.1, -0.05) is 0 Å². The van der Waals surface area contributed by atoms with Crippen LogP contribution in [0.4, 0.5) is 11.4 Å². The van der Waals surface area contributed by atoms with Gasteiger partial charge in [-0.3, -0.25) is 24.5 Å². The van der Waals surface area contributed by atoms with Crippen molar-refractivity contribution in [3.63, 3.8) is 0 Å². The predicted octanol–water partition coefficient (Wildman–Crippen LogP) is 1.91. The number of rotatable bonds is 9. The first-order chi connectivity index (χ1) is 14.7. The molecule has 0 saturated heterocycles. The number of nitro groups is 1. The van der Waals surface area contributed by atoms with E-state index in [1.54, 1.807) is 12.1 Å². The van der Waals surface area contributed by atoms with E-state index in [0.29, 0.717) is 11.3 Å². The summed E-state index contributed by atoms with van der Waals surface area (Å²) in [5.74, 6) is -1.31. The van der Waals surface area contributed by atoms with Gasteiger partial charge >= 0.3 is 5.97 Å². The highest BCUT2D eigenvalue weighted by molar-refractivity contribution is 5.98. The maximum atomic E-state index is 12.3.